The van der Waals surface area contributed by atoms with E-state index in [-0.39, 0.29) is 0 Å². The minimum absolute atomic E-state index is 0.848. The van der Waals surface area contributed by atoms with Gasteiger partial charge in [-0.15, -0.1) is 6.58 Å². The van der Waals surface area contributed by atoms with Crippen LogP contribution in [0.2, 0.25) is 0 Å². The van der Waals surface area contributed by atoms with Crippen molar-refractivity contribution < 1.29 is 4.74 Å². The van der Waals surface area contributed by atoms with Crippen molar-refractivity contribution in [3.8, 4) is 0 Å². The summed E-state index contributed by atoms with van der Waals surface area (Å²) in [4.78, 5) is 0. The minimum atomic E-state index is 0.848. The third-order valence-electron chi connectivity index (χ3n) is 5.58. The van der Waals surface area contributed by atoms with Crippen LogP contribution in [0.3, 0.4) is 0 Å². The van der Waals surface area contributed by atoms with Crippen LogP contribution in [0.5, 0.6) is 0 Å². The lowest BCUT2D eigenvalue weighted by Gasteiger charge is -2.05. The summed E-state index contributed by atoms with van der Waals surface area (Å²) in [5.41, 5.74) is 0. The SMILES string of the molecule is C=C(CC)OCCCCC.C=CCCCC.CCCCCCC/C=C\CCCCCCCC. The molecule has 0 saturated heterocycles. The number of unbranched alkanes of at least 4 members (excludes halogenated alkanes) is 15. The Morgan fingerprint density at radius 3 is 1.36 bits per heavy atom. The van der Waals surface area contributed by atoms with Crippen molar-refractivity contribution in [2.75, 3.05) is 6.61 Å². The van der Waals surface area contributed by atoms with Crippen molar-refractivity contribution in [2.24, 2.45) is 0 Å². The zero-order valence-corrected chi connectivity index (χ0v) is 23.9. The Balaban J connectivity index is -0.000000473. The predicted molar refractivity (Wildman–Crippen MR) is 155 cm³/mol. The predicted octanol–water partition coefficient (Wildman–Crippen LogP) is 12.1. The second kappa shape index (κ2) is 38.3. The molecule has 0 saturated carbocycles. The van der Waals surface area contributed by atoms with Gasteiger partial charge in [0.05, 0.1) is 12.4 Å². The molecule has 0 rings (SSSR count). The molecule has 0 N–H and O–H groups in total. The van der Waals surface area contributed by atoms with Gasteiger partial charge in [0.15, 0.2) is 0 Å². The summed E-state index contributed by atoms with van der Waals surface area (Å²) >= 11 is 0. The van der Waals surface area contributed by atoms with Crippen molar-refractivity contribution in [1.29, 1.82) is 0 Å². The number of hydrogen-bond acceptors (Lipinski definition) is 1. The van der Waals surface area contributed by atoms with Gasteiger partial charge in [-0.25, -0.2) is 0 Å². The standard InChI is InChI=1S/C17H34.C9H18O.C6H12/c1-3-5-7-9-11-13-15-17-16-14-12-10-8-6-4-2;1-4-6-7-8-10-9(3)5-2;1-3-5-6-4-2/h15,17H,3-14,16H2,1-2H3;3-8H2,1-2H3;3H,1,4-6H2,2H3/b17-15-;;. The molecule has 0 aromatic heterocycles. The summed E-state index contributed by atoms with van der Waals surface area (Å²) in [6, 6.07) is 0. The zero-order chi connectivity index (χ0) is 25.3. The molecule has 0 spiro atoms. The maximum Gasteiger partial charge on any atom is 0.0885 e. The molecule has 0 atom stereocenters. The highest BCUT2D eigenvalue weighted by atomic mass is 16.5. The van der Waals surface area contributed by atoms with E-state index in [9.17, 15) is 0 Å². The second-order valence-corrected chi connectivity index (χ2v) is 9.11. The van der Waals surface area contributed by atoms with E-state index in [1.807, 2.05) is 6.08 Å². The molecule has 0 aliphatic carbocycles. The van der Waals surface area contributed by atoms with Crippen LogP contribution in [-0.4, -0.2) is 6.61 Å². The number of ether oxygens (including phenoxy) is 1. The van der Waals surface area contributed by atoms with Gasteiger partial charge in [-0.05, 0) is 38.5 Å². The zero-order valence-electron chi connectivity index (χ0n) is 23.9. The Hall–Kier alpha value is -0.980. The van der Waals surface area contributed by atoms with E-state index in [0.717, 1.165) is 25.2 Å². The third-order valence-corrected chi connectivity index (χ3v) is 5.58. The highest BCUT2D eigenvalue weighted by Crippen LogP contribution is 2.09. The average molecular weight is 465 g/mol. The summed E-state index contributed by atoms with van der Waals surface area (Å²) < 4.78 is 5.30. The van der Waals surface area contributed by atoms with Crippen LogP contribution in [0.25, 0.3) is 0 Å². The van der Waals surface area contributed by atoms with E-state index in [1.54, 1.807) is 0 Å². The maximum absolute atomic E-state index is 5.30. The molecule has 1 heteroatoms. The van der Waals surface area contributed by atoms with Crippen molar-refractivity contribution >= 4 is 0 Å². The second-order valence-electron chi connectivity index (χ2n) is 9.11. The Bertz CT molecular complexity index is 369. The molecular formula is C32H64O. The molecule has 0 fully saturated rings. The summed E-state index contributed by atoms with van der Waals surface area (Å²) in [6.07, 6.45) is 33.3. The Labute approximate surface area is 211 Å². The molecular weight excluding hydrogens is 400 g/mol. The minimum Gasteiger partial charge on any atom is -0.499 e. The molecule has 0 amide bonds. The molecule has 0 unspecified atom stereocenters. The van der Waals surface area contributed by atoms with Gasteiger partial charge in [0.1, 0.15) is 0 Å². The highest BCUT2D eigenvalue weighted by Gasteiger charge is 1.90. The lowest BCUT2D eigenvalue weighted by Crippen LogP contribution is -1.92. The quantitative estimate of drug-likeness (QED) is 0.0879. The van der Waals surface area contributed by atoms with Crippen LogP contribution in [0, 0.1) is 0 Å². The van der Waals surface area contributed by atoms with Gasteiger partial charge >= 0.3 is 0 Å². The first-order valence-corrected chi connectivity index (χ1v) is 14.7. The molecule has 198 valence electrons. The summed E-state index contributed by atoms with van der Waals surface area (Å²) in [7, 11) is 0. The van der Waals surface area contributed by atoms with E-state index in [0.29, 0.717) is 0 Å². The third kappa shape index (κ3) is 45.3. The largest absolute Gasteiger partial charge is 0.499 e. The first-order chi connectivity index (χ1) is 16.1. The van der Waals surface area contributed by atoms with Gasteiger partial charge in [0.2, 0.25) is 0 Å². The lowest BCUT2D eigenvalue weighted by atomic mass is 10.1. The molecule has 0 bridgehead atoms. The molecule has 0 heterocycles. The van der Waals surface area contributed by atoms with E-state index >= 15 is 0 Å². The Kier molecular flexibility index (Phi) is 42.5. The number of hydrogen-bond donors (Lipinski definition) is 0. The monoisotopic (exact) mass is 464 g/mol. The van der Waals surface area contributed by atoms with Crippen molar-refractivity contribution in [1.82, 2.24) is 0 Å². The van der Waals surface area contributed by atoms with Crippen LogP contribution in [0.15, 0.2) is 37.1 Å². The van der Waals surface area contributed by atoms with Gasteiger partial charge in [-0.3, -0.25) is 0 Å². The smallest absolute Gasteiger partial charge is 0.0885 e. The van der Waals surface area contributed by atoms with Gasteiger partial charge < -0.3 is 4.74 Å². The Morgan fingerprint density at radius 1 is 0.545 bits per heavy atom. The summed E-state index contributed by atoms with van der Waals surface area (Å²) in [6.45, 7) is 19.2. The average Bonchev–Trinajstić information content (AvgIpc) is 2.84. The first-order valence-electron chi connectivity index (χ1n) is 14.7. The van der Waals surface area contributed by atoms with Crippen molar-refractivity contribution in [2.45, 2.75) is 163 Å². The molecule has 0 aromatic rings. The molecule has 33 heavy (non-hydrogen) atoms. The van der Waals surface area contributed by atoms with Gasteiger partial charge in [-0.1, -0.05) is 143 Å². The number of allylic oxidation sites excluding steroid dienone is 4. The number of rotatable bonds is 22. The fourth-order valence-corrected chi connectivity index (χ4v) is 3.16. The summed E-state index contributed by atoms with van der Waals surface area (Å²) in [5, 5.41) is 0. The van der Waals surface area contributed by atoms with Crippen molar-refractivity contribution in [3.05, 3.63) is 37.1 Å². The van der Waals surface area contributed by atoms with E-state index < -0.39 is 0 Å². The van der Waals surface area contributed by atoms with Crippen LogP contribution < -0.4 is 0 Å². The summed E-state index contributed by atoms with van der Waals surface area (Å²) in [5.74, 6) is 0.913. The van der Waals surface area contributed by atoms with Crippen LogP contribution >= 0.6 is 0 Å². The van der Waals surface area contributed by atoms with E-state index in [4.69, 9.17) is 4.74 Å². The van der Waals surface area contributed by atoms with Crippen LogP contribution in [-0.2, 0) is 4.74 Å². The molecule has 0 aromatic carbocycles. The molecule has 0 radical (unpaired) electrons. The fourth-order valence-electron chi connectivity index (χ4n) is 3.16. The maximum atomic E-state index is 5.30. The van der Waals surface area contributed by atoms with Gasteiger partial charge in [-0.2, -0.15) is 0 Å². The van der Waals surface area contributed by atoms with E-state index in [2.05, 4.69) is 59.9 Å². The molecule has 1 nitrogen and oxygen atoms in total. The fraction of sp³-hybridized carbons (Fsp3) is 0.812. The normalized spacial score (nSPS) is 10.2. The van der Waals surface area contributed by atoms with E-state index in [1.165, 1.54) is 116 Å². The molecule has 0 aliphatic heterocycles. The van der Waals surface area contributed by atoms with Gasteiger partial charge in [0, 0.05) is 6.42 Å². The lowest BCUT2D eigenvalue weighted by molar-refractivity contribution is 0.200. The van der Waals surface area contributed by atoms with Crippen molar-refractivity contribution in [3.63, 3.8) is 0 Å². The highest BCUT2D eigenvalue weighted by molar-refractivity contribution is 4.81. The van der Waals surface area contributed by atoms with Gasteiger partial charge in [0.25, 0.3) is 0 Å². The topological polar surface area (TPSA) is 9.23 Å². The Morgan fingerprint density at radius 2 is 0.970 bits per heavy atom. The van der Waals surface area contributed by atoms with Crippen LogP contribution in [0.1, 0.15) is 163 Å². The van der Waals surface area contributed by atoms with Crippen LogP contribution in [0.4, 0.5) is 0 Å². The first kappa shape index (κ1) is 36.6. The molecule has 0 aliphatic rings.